The molecule has 84 valence electrons. The molecule has 0 aliphatic heterocycles. The van der Waals surface area contributed by atoms with Crippen molar-refractivity contribution in [2.45, 2.75) is 52.9 Å². The summed E-state index contributed by atoms with van der Waals surface area (Å²) in [6, 6.07) is 0. The van der Waals surface area contributed by atoms with Crippen LogP contribution in [-0.2, 0) is 4.79 Å². The van der Waals surface area contributed by atoms with Crippen LogP contribution in [0.4, 0.5) is 0 Å². The molecule has 0 bridgehead atoms. The molecule has 1 heteroatoms. The van der Waals surface area contributed by atoms with Crippen LogP contribution < -0.4 is 0 Å². The maximum Gasteiger partial charge on any atom is 0.155 e. The Hall–Kier alpha value is -0.850. The number of hydrogen-bond donors (Lipinski definition) is 0. The van der Waals surface area contributed by atoms with Gasteiger partial charge >= 0.3 is 0 Å². The monoisotopic (exact) mass is 206 g/mol. The first kappa shape index (κ1) is 12.2. The van der Waals surface area contributed by atoms with Crippen LogP contribution in [0.3, 0.4) is 0 Å². The molecular formula is C14H22O. The quantitative estimate of drug-likeness (QED) is 0.501. The third-order valence-electron chi connectivity index (χ3n) is 3.53. The van der Waals surface area contributed by atoms with E-state index in [1.807, 2.05) is 0 Å². The van der Waals surface area contributed by atoms with E-state index in [1.165, 1.54) is 36.5 Å². The van der Waals surface area contributed by atoms with Crippen LogP contribution in [0.25, 0.3) is 0 Å². The number of carbonyl (C=O) groups excluding carboxylic acids is 1. The molecule has 0 aromatic heterocycles. The van der Waals surface area contributed by atoms with E-state index < -0.39 is 0 Å². The van der Waals surface area contributed by atoms with Gasteiger partial charge in [0.05, 0.1) is 0 Å². The summed E-state index contributed by atoms with van der Waals surface area (Å²) in [5.74, 6) is 0.164. The van der Waals surface area contributed by atoms with Crippen molar-refractivity contribution in [3.05, 3.63) is 23.8 Å². The van der Waals surface area contributed by atoms with Gasteiger partial charge in [-0.15, -0.1) is 0 Å². The van der Waals surface area contributed by atoms with Crippen LogP contribution in [-0.4, -0.2) is 5.78 Å². The Morgan fingerprint density at radius 2 is 2.20 bits per heavy atom. The minimum Gasteiger partial charge on any atom is -0.295 e. The Balaban J connectivity index is 2.72. The van der Waals surface area contributed by atoms with Crippen LogP contribution in [0.1, 0.15) is 52.9 Å². The summed E-state index contributed by atoms with van der Waals surface area (Å²) in [5, 5.41) is 0. The first-order chi connectivity index (χ1) is 6.97. The van der Waals surface area contributed by atoms with Crippen LogP contribution in [0.2, 0.25) is 0 Å². The van der Waals surface area contributed by atoms with E-state index in [0.29, 0.717) is 11.8 Å². The average molecular weight is 206 g/mol. The Morgan fingerprint density at radius 1 is 1.53 bits per heavy atom. The van der Waals surface area contributed by atoms with Gasteiger partial charge in [-0.3, -0.25) is 4.79 Å². The Labute approximate surface area is 93.3 Å². The summed E-state index contributed by atoms with van der Waals surface area (Å²) in [5.41, 5.74) is 3.30. The van der Waals surface area contributed by atoms with Crippen molar-refractivity contribution >= 4 is 5.78 Å². The molecule has 0 aromatic carbocycles. The summed E-state index contributed by atoms with van der Waals surface area (Å²) >= 11 is 0. The van der Waals surface area contributed by atoms with Crippen LogP contribution in [0.5, 0.6) is 0 Å². The van der Waals surface area contributed by atoms with Crippen LogP contribution in [0.15, 0.2) is 23.8 Å². The van der Waals surface area contributed by atoms with Gasteiger partial charge in [-0.05, 0) is 44.1 Å². The van der Waals surface area contributed by atoms with Gasteiger partial charge in [-0.2, -0.15) is 0 Å². The summed E-state index contributed by atoms with van der Waals surface area (Å²) in [6.45, 7) is 10.3. The predicted molar refractivity (Wildman–Crippen MR) is 64.8 cm³/mol. The molecule has 0 heterocycles. The lowest BCUT2D eigenvalue weighted by molar-refractivity contribution is -0.114. The van der Waals surface area contributed by atoms with Gasteiger partial charge in [0, 0.05) is 6.42 Å². The first-order valence-electron chi connectivity index (χ1n) is 5.82. The molecule has 1 aliphatic carbocycles. The SMILES string of the molecule is C=CC(=O)CCC1=C(C)CCCC1(C)C. The topological polar surface area (TPSA) is 17.1 Å². The normalized spacial score (nSPS) is 20.2. The molecule has 0 radical (unpaired) electrons. The van der Waals surface area contributed by atoms with E-state index >= 15 is 0 Å². The van der Waals surface area contributed by atoms with Crippen molar-refractivity contribution in [2.24, 2.45) is 5.41 Å². The molecule has 0 amide bonds. The van der Waals surface area contributed by atoms with Gasteiger partial charge in [0.15, 0.2) is 5.78 Å². The fourth-order valence-corrected chi connectivity index (χ4v) is 2.58. The molecular weight excluding hydrogens is 184 g/mol. The maximum atomic E-state index is 11.2. The highest BCUT2D eigenvalue weighted by molar-refractivity contribution is 5.89. The lowest BCUT2D eigenvalue weighted by Crippen LogP contribution is -2.20. The number of rotatable bonds is 4. The Kier molecular flexibility index (Phi) is 3.90. The van der Waals surface area contributed by atoms with E-state index in [0.717, 1.165) is 6.42 Å². The fraction of sp³-hybridized carbons (Fsp3) is 0.643. The largest absolute Gasteiger partial charge is 0.295 e. The lowest BCUT2D eigenvalue weighted by Gasteiger charge is -2.34. The Morgan fingerprint density at radius 3 is 2.73 bits per heavy atom. The molecule has 1 aliphatic rings. The molecule has 1 nitrogen and oxygen atoms in total. The van der Waals surface area contributed by atoms with E-state index in [2.05, 4.69) is 27.4 Å². The first-order valence-corrected chi connectivity index (χ1v) is 5.82. The summed E-state index contributed by atoms with van der Waals surface area (Å²) in [4.78, 5) is 11.2. The number of hydrogen-bond acceptors (Lipinski definition) is 1. The van der Waals surface area contributed by atoms with Crippen molar-refractivity contribution in [2.75, 3.05) is 0 Å². The van der Waals surface area contributed by atoms with Gasteiger partial charge < -0.3 is 0 Å². The van der Waals surface area contributed by atoms with Gasteiger partial charge in [-0.25, -0.2) is 0 Å². The third kappa shape index (κ3) is 3.05. The Bertz CT molecular complexity index is 294. The van der Waals surface area contributed by atoms with Crippen LogP contribution in [0, 0.1) is 5.41 Å². The zero-order valence-corrected chi connectivity index (χ0v) is 10.2. The second kappa shape index (κ2) is 4.78. The highest BCUT2D eigenvalue weighted by Crippen LogP contribution is 2.42. The minimum atomic E-state index is 0.164. The van der Waals surface area contributed by atoms with Gasteiger partial charge in [0.2, 0.25) is 0 Å². The van der Waals surface area contributed by atoms with Gasteiger partial charge in [0.25, 0.3) is 0 Å². The smallest absolute Gasteiger partial charge is 0.155 e. The molecule has 0 fully saturated rings. The van der Waals surface area contributed by atoms with Gasteiger partial charge in [-0.1, -0.05) is 31.6 Å². The van der Waals surface area contributed by atoms with Crippen molar-refractivity contribution in [3.8, 4) is 0 Å². The van der Waals surface area contributed by atoms with Crippen molar-refractivity contribution in [3.63, 3.8) is 0 Å². The summed E-state index contributed by atoms with van der Waals surface area (Å²) < 4.78 is 0. The minimum absolute atomic E-state index is 0.164. The predicted octanol–water partition coefficient (Wildman–Crippen LogP) is 4.05. The standard InChI is InChI=1S/C14H22O/c1-5-12(15)8-9-13-11(2)7-6-10-14(13,3)4/h5H,1,6-10H2,2-4H3. The average Bonchev–Trinajstić information content (AvgIpc) is 2.15. The number of allylic oxidation sites excluding steroid dienone is 3. The second-order valence-corrected chi connectivity index (χ2v) is 5.17. The molecule has 0 saturated heterocycles. The van der Waals surface area contributed by atoms with Gasteiger partial charge in [0.1, 0.15) is 0 Å². The van der Waals surface area contributed by atoms with Crippen molar-refractivity contribution in [1.29, 1.82) is 0 Å². The molecule has 0 aromatic rings. The van der Waals surface area contributed by atoms with Crippen molar-refractivity contribution < 1.29 is 4.79 Å². The molecule has 0 unspecified atom stereocenters. The van der Waals surface area contributed by atoms with E-state index in [4.69, 9.17) is 0 Å². The van der Waals surface area contributed by atoms with E-state index in [9.17, 15) is 4.79 Å². The van der Waals surface area contributed by atoms with Crippen molar-refractivity contribution in [1.82, 2.24) is 0 Å². The summed E-state index contributed by atoms with van der Waals surface area (Å²) in [7, 11) is 0. The molecule has 0 N–H and O–H groups in total. The molecule has 0 atom stereocenters. The molecule has 0 spiro atoms. The maximum absolute atomic E-state index is 11.2. The fourth-order valence-electron chi connectivity index (χ4n) is 2.58. The lowest BCUT2D eigenvalue weighted by atomic mass is 9.71. The highest BCUT2D eigenvalue weighted by Gasteiger charge is 2.27. The highest BCUT2D eigenvalue weighted by atomic mass is 16.1. The number of carbonyl (C=O) groups is 1. The third-order valence-corrected chi connectivity index (χ3v) is 3.53. The summed E-state index contributed by atoms with van der Waals surface area (Å²) in [6.07, 6.45) is 6.73. The molecule has 15 heavy (non-hydrogen) atoms. The molecule has 1 rings (SSSR count). The van der Waals surface area contributed by atoms with E-state index in [-0.39, 0.29) is 5.78 Å². The molecule has 0 saturated carbocycles. The number of ketones is 1. The van der Waals surface area contributed by atoms with Crippen LogP contribution >= 0.6 is 0 Å². The zero-order valence-electron chi connectivity index (χ0n) is 10.2. The second-order valence-electron chi connectivity index (χ2n) is 5.17. The van der Waals surface area contributed by atoms with E-state index in [1.54, 1.807) is 0 Å². The zero-order chi connectivity index (χ0) is 11.5.